The third-order valence-corrected chi connectivity index (χ3v) is 4.71. The molecule has 0 radical (unpaired) electrons. The molecule has 0 aromatic heterocycles. The number of nitrogens with two attached hydrogens (primary N) is 1. The van der Waals surface area contributed by atoms with Gasteiger partial charge in [-0.2, -0.15) is 0 Å². The highest BCUT2D eigenvalue weighted by atomic mass is 19.2. The largest absolute Gasteiger partial charge is 0.336 e. The Hall–Kier alpha value is -1.86. The quantitative estimate of drug-likeness (QED) is 0.806. The van der Waals surface area contributed by atoms with E-state index in [0.717, 1.165) is 19.2 Å². The van der Waals surface area contributed by atoms with Crippen LogP contribution in [0, 0.1) is 17.5 Å². The second-order valence-corrected chi connectivity index (χ2v) is 6.27. The number of hydrogen-bond donors (Lipinski definition) is 2. The van der Waals surface area contributed by atoms with Crippen molar-refractivity contribution in [2.24, 2.45) is 5.73 Å². The molecule has 1 aliphatic heterocycles. The minimum Gasteiger partial charge on any atom is -0.336 e. The van der Waals surface area contributed by atoms with Crippen LogP contribution in [0.2, 0.25) is 0 Å². The second-order valence-electron chi connectivity index (χ2n) is 6.27. The number of amides is 1. The lowest BCUT2D eigenvalue weighted by molar-refractivity contribution is -0.128. The van der Waals surface area contributed by atoms with Gasteiger partial charge in [-0.1, -0.05) is 6.08 Å². The lowest BCUT2D eigenvalue weighted by atomic mass is 9.80. The van der Waals surface area contributed by atoms with Crippen LogP contribution in [-0.2, 0) is 4.79 Å². The second kappa shape index (κ2) is 6.94. The van der Waals surface area contributed by atoms with Crippen LogP contribution in [0.15, 0.2) is 23.8 Å². The van der Waals surface area contributed by atoms with Crippen LogP contribution >= 0.6 is 0 Å². The maximum absolute atomic E-state index is 14.0. The topological polar surface area (TPSA) is 58.4 Å². The van der Waals surface area contributed by atoms with Gasteiger partial charge in [0.25, 0.3) is 0 Å². The highest BCUT2D eigenvalue weighted by Gasteiger charge is 2.31. The number of benzene rings is 1. The summed E-state index contributed by atoms with van der Waals surface area (Å²) >= 11 is 0. The molecule has 1 heterocycles. The molecule has 7 heteroatoms. The number of allylic oxidation sites excluding steroid dienone is 1. The summed E-state index contributed by atoms with van der Waals surface area (Å²) in [6.45, 7) is 2.81. The van der Waals surface area contributed by atoms with Crippen molar-refractivity contribution in [1.29, 1.82) is 0 Å². The number of rotatable bonds is 2. The maximum Gasteiger partial charge on any atom is 0.249 e. The molecule has 1 amide bonds. The van der Waals surface area contributed by atoms with Crippen LogP contribution in [0.25, 0.3) is 0 Å². The van der Waals surface area contributed by atoms with E-state index in [0.29, 0.717) is 37.6 Å². The molecule has 130 valence electrons. The van der Waals surface area contributed by atoms with Gasteiger partial charge in [-0.25, -0.2) is 13.2 Å². The number of nitrogens with one attached hydrogen (secondary N) is 1. The lowest BCUT2D eigenvalue weighted by Gasteiger charge is -2.33. The summed E-state index contributed by atoms with van der Waals surface area (Å²) in [5.41, 5.74) is 6.79. The van der Waals surface area contributed by atoms with E-state index < -0.39 is 29.4 Å². The summed E-state index contributed by atoms with van der Waals surface area (Å²) in [6.07, 6.45) is 2.38. The van der Waals surface area contributed by atoms with Crippen molar-refractivity contribution in [3.05, 3.63) is 46.8 Å². The van der Waals surface area contributed by atoms with E-state index in [1.54, 1.807) is 11.0 Å². The van der Waals surface area contributed by atoms with E-state index >= 15 is 0 Å². The monoisotopic (exact) mass is 339 g/mol. The van der Waals surface area contributed by atoms with Gasteiger partial charge < -0.3 is 16.0 Å². The van der Waals surface area contributed by atoms with Crippen LogP contribution in [0.1, 0.15) is 24.3 Å². The zero-order valence-corrected chi connectivity index (χ0v) is 13.2. The first-order valence-electron chi connectivity index (χ1n) is 8.06. The number of piperazine rings is 1. The summed E-state index contributed by atoms with van der Waals surface area (Å²) in [5, 5.41) is 3.18. The van der Waals surface area contributed by atoms with Gasteiger partial charge in [0.05, 0.1) is 0 Å². The maximum atomic E-state index is 14.0. The van der Waals surface area contributed by atoms with Gasteiger partial charge in [0.15, 0.2) is 11.6 Å². The fraction of sp³-hybridized carbons (Fsp3) is 0.471. The summed E-state index contributed by atoms with van der Waals surface area (Å²) in [6, 6.07) is 0.894. The van der Waals surface area contributed by atoms with Gasteiger partial charge >= 0.3 is 0 Å². The van der Waals surface area contributed by atoms with Gasteiger partial charge in [0.2, 0.25) is 5.91 Å². The number of carbonyl (C=O) groups excluding carboxylic acids is 1. The Morgan fingerprint density at radius 3 is 2.46 bits per heavy atom. The highest BCUT2D eigenvalue weighted by molar-refractivity contribution is 5.93. The SMILES string of the molecule is N[C@H]1CC(C(=O)N2CCNCC2)=CC[C@@H]1c1cc(F)c(F)cc1F. The van der Waals surface area contributed by atoms with E-state index in [1.807, 2.05) is 0 Å². The molecule has 0 bridgehead atoms. The van der Waals surface area contributed by atoms with Crippen molar-refractivity contribution in [3.63, 3.8) is 0 Å². The first kappa shape index (κ1) is 17.0. The first-order valence-corrected chi connectivity index (χ1v) is 8.06. The molecule has 3 rings (SSSR count). The molecular weight excluding hydrogens is 319 g/mol. The Morgan fingerprint density at radius 2 is 1.79 bits per heavy atom. The summed E-state index contributed by atoms with van der Waals surface area (Å²) < 4.78 is 40.5. The van der Waals surface area contributed by atoms with Gasteiger partial charge in [-0.3, -0.25) is 4.79 Å². The number of carbonyl (C=O) groups is 1. The molecule has 0 spiro atoms. The van der Waals surface area contributed by atoms with E-state index in [9.17, 15) is 18.0 Å². The lowest BCUT2D eigenvalue weighted by Crippen LogP contribution is -2.47. The first-order chi connectivity index (χ1) is 11.5. The van der Waals surface area contributed by atoms with Crippen LogP contribution in [0.4, 0.5) is 13.2 Å². The number of halogens is 3. The van der Waals surface area contributed by atoms with Crippen LogP contribution in [0.5, 0.6) is 0 Å². The van der Waals surface area contributed by atoms with Crippen molar-refractivity contribution < 1.29 is 18.0 Å². The average Bonchev–Trinajstić information content (AvgIpc) is 2.58. The van der Waals surface area contributed by atoms with Crippen molar-refractivity contribution in [3.8, 4) is 0 Å². The molecule has 0 saturated carbocycles. The molecule has 2 aliphatic rings. The number of nitrogens with zero attached hydrogens (tertiary/aromatic N) is 1. The fourth-order valence-corrected chi connectivity index (χ4v) is 3.35. The summed E-state index contributed by atoms with van der Waals surface area (Å²) in [4.78, 5) is 14.3. The smallest absolute Gasteiger partial charge is 0.249 e. The Balaban J connectivity index is 1.77. The molecule has 1 aliphatic carbocycles. The van der Waals surface area contributed by atoms with Gasteiger partial charge in [0, 0.05) is 49.8 Å². The summed E-state index contributed by atoms with van der Waals surface area (Å²) in [5.74, 6) is -3.63. The van der Waals surface area contributed by atoms with Crippen LogP contribution < -0.4 is 11.1 Å². The van der Waals surface area contributed by atoms with Crippen LogP contribution in [0.3, 0.4) is 0 Å². The zero-order valence-electron chi connectivity index (χ0n) is 13.2. The molecular formula is C17H20F3N3O. The van der Waals surface area contributed by atoms with E-state index in [2.05, 4.69) is 5.32 Å². The third kappa shape index (κ3) is 3.32. The molecule has 0 unspecified atom stereocenters. The molecule has 1 fully saturated rings. The normalized spacial score (nSPS) is 24.7. The van der Waals surface area contributed by atoms with Crippen LogP contribution in [-0.4, -0.2) is 43.0 Å². The summed E-state index contributed by atoms with van der Waals surface area (Å²) in [7, 11) is 0. The number of hydrogen-bond acceptors (Lipinski definition) is 3. The predicted octanol–water partition coefficient (Wildman–Crippen LogP) is 1.67. The molecule has 4 nitrogen and oxygen atoms in total. The predicted molar refractivity (Wildman–Crippen MR) is 83.8 cm³/mol. The van der Waals surface area contributed by atoms with E-state index in [1.165, 1.54) is 0 Å². The zero-order chi connectivity index (χ0) is 17.3. The van der Waals surface area contributed by atoms with Crippen molar-refractivity contribution >= 4 is 5.91 Å². The molecule has 24 heavy (non-hydrogen) atoms. The Labute approximate surface area is 138 Å². The Bertz CT molecular complexity index is 671. The standard InChI is InChI=1S/C17H20F3N3O/c18-13-9-15(20)14(19)8-12(13)11-2-1-10(7-16(11)21)17(24)23-5-3-22-4-6-23/h1,8-9,11,16,22H,2-7,21H2/t11-,16+/m1/s1. The van der Waals surface area contributed by atoms with Crippen molar-refractivity contribution in [1.82, 2.24) is 10.2 Å². The highest BCUT2D eigenvalue weighted by Crippen LogP contribution is 2.34. The minimum absolute atomic E-state index is 0.0452. The molecule has 1 aromatic rings. The Morgan fingerprint density at radius 1 is 1.12 bits per heavy atom. The fourth-order valence-electron chi connectivity index (χ4n) is 3.35. The van der Waals surface area contributed by atoms with E-state index in [-0.39, 0.29) is 11.5 Å². The minimum atomic E-state index is -1.22. The van der Waals surface area contributed by atoms with E-state index in [4.69, 9.17) is 5.73 Å². The van der Waals surface area contributed by atoms with Gasteiger partial charge in [-0.15, -0.1) is 0 Å². The Kier molecular flexibility index (Phi) is 4.91. The van der Waals surface area contributed by atoms with Crippen molar-refractivity contribution in [2.45, 2.75) is 24.8 Å². The van der Waals surface area contributed by atoms with Gasteiger partial charge in [-0.05, 0) is 24.5 Å². The molecule has 1 aromatic carbocycles. The van der Waals surface area contributed by atoms with Gasteiger partial charge in [0.1, 0.15) is 5.82 Å². The van der Waals surface area contributed by atoms with Crippen molar-refractivity contribution in [2.75, 3.05) is 26.2 Å². The molecule has 3 N–H and O–H groups in total. The molecule has 2 atom stereocenters. The average molecular weight is 339 g/mol. The third-order valence-electron chi connectivity index (χ3n) is 4.71. The molecule has 1 saturated heterocycles.